The van der Waals surface area contributed by atoms with Crippen molar-refractivity contribution in [3.8, 4) is 0 Å². The Labute approximate surface area is 94.9 Å². The standard InChI is InChI=1S/C11H7FN2OS/c12-6-1-2-8-9(3-6)13-10-5-16-4-7(10)11(15)14-8/h1-5,13H,(H,14,15). The lowest BCUT2D eigenvalue weighted by Crippen LogP contribution is -2.09. The number of halogens is 1. The van der Waals surface area contributed by atoms with Crippen LogP contribution in [0.4, 0.5) is 21.5 Å². The maximum atomic E-state index is 13.1. The normalized spacial score (nSPS) is 13.2. The third kappa shape index (κ3) is 1.37. The zero-order valence-corrected chi connectivity index (χ0v) is 8.90. The molecule has 16 heavy (non-hydrogen) atoms. The largest absolute Gasteiger partial charge is 0.352 e. The average Bonchev–Trinajstić information content (AvgIpc) is 2.65. The predicted molar refractivity (Wildman–Crippen MR) is 62.0 cm³/mol. The molecule has 3 rings (SSSR count). The van der Waals surface area contributed by atoms with E-state index < -0.39 is 0 Å². The minimum Gasteiger partial charge on any atom is -0.352 e. The Morgan fingerprint density at radius 1 is 1.06 bits per heavy atom. The fourth-order valence-electron chi connectivity index (χ4n) is 1.63. The summed E-state index contributed by atoms with van der Waals surface area (Å²) in [5, 5.41) is 9.36. The summed E-state index contributed by atoms with van der Waals surface area (Å²) < 4.78 is 13.1. The van der Waals surface area contributed by atoms with E-state index in [0.29, 0.717) is 22.6 Å². The van der Waals surface area contributed by atoms with E-state index in [4.69, 9.17) is 0 Å². The topological polar surface area (TPSA) is 41.1 Å². The molecule has 1 aliphatic heterocycles. The SMILES string of the molecule is O=C1Nc2ccc(F)cc2Nc2cscc21. The van der Waals surface area contributed by atoms with Crippen molar-refractivity contribution >= 4 is 34.3 Å². The third-order valence-corrected chi connectivity index (χ3v) is 3.15. The van der Waals surface area contributed by atoms with Gasteiger partial charge >= 0.3 is 0 Å². The summed E-state index contributed by atoms with van der Waals surface area (Å²) in [6.45, 7) is 0. The molecule has 1 amide bonds. The summed E-state index contributed by atoms with van der Waals surface area (Å²) in [4.78, 5) is 11.8. The van der Waals surface area contributed by atoms with Gasteiger partial charge in [0.15, 0.2) is 0 Å². The number of hydrogen-bond acceptors (Lipinski definition) is 3. The van der Waals surface area contributed by atoms with Gasteiger partial charge in [0, 0.05) is 10.8 Å². The van der Waals surface area contributed by atoms with Crippen molar-refractivity contribution in [2.24, 2.45) is 0 Å². The maximum absolute atomic E-state index is 13.1. The summed E-state index contributed by atoms with van der Waals surface area (Å²) in [6.07, 6.45) is 0. The Morgan fingerprint density at radius 3 is 2.81 bits per heavy atom. The minimum atomic E-state index is -0.334. The minimum absolute atomic E-state index is 0.172. The zero-order chi connectivity index (χ0) is 11.1. The molecule has 0 fully saturated rings. The highest BCUT2D eigenvalue weighted by molar-refractivity contribution is 7.08. The number of nitrogens with one attached hydrogen (secondary N) is 2. The second-order valence-corrected chi connectivity index (χ2v) is 4.21. The number of carbonyl (C=O) groups excluding carboxylic acids is 1. The monoisotopic (exact) mass is 234 g/mol. The smallest absolute Gasteiger partial charge is 0.258 e. The number of amides is 1. The molecule has 0 spiro atoms. The first-order valence-corrected chi connectivity index (χ1v) is 5.62. The van der Waals surface area contributed by atoms with Crippen LogP contribution in [-0.4, -0.2) is 5.91 Å². The number of rotatable bonds is 0. The summed E-state index contributed by atoms with van der Waals surface area (Å²) in [5.41, 5.74) is 2.46. The Morgan fingerprint density at radius 2 is 1.94 bits per heavy atom. The molecule has 2 aromatic rings. The second kappa shape index (κ2) is 3.31. The van der Waals surface area contributed by atoms with Crippen LogP contribution in [0, 0.1) is 5.82 Å². The summed E-state index contributed by atoms with van der Waals surface area (Å²) in [6, 6.07) is 4.23. The van der Waals surface area contributed by atoms with E-state index in [2.05, 4.69) is 10.6 Å². The molecule has 3 nitrogen and oxygen atoms in total. The molecule has 80 valence electrons. The molecule has 1 aliphatic rings. The van der Waals surface area contributed by atoms with Gasteiger partial charge in [0.1, 0.15) is 5.82 Å². The molecule has 5 heteroatoms. The highest BCUT2D eigenvalue weighted by atomic mass is 32.1. The number of fused-ring (bicyclic) bond motifs is 2. The van der Waals surface area contributed by atoms with E-state index in [0.717, 1.165) is 0 Å². The molecule has 0 radical (unpaired) electrons. The highest BCUT2D eigenvalue weighted by Crippen LogP contribution is 2.33. The van der Waals surface area contributed by atoms with E-state index >= 15 is 0 Å². The quantitative estimate of drug-likeness (QED) is 0.735. The Balaban J connectivity index is 2.17. The van der Waals surface area contributed by atoms with Crippen LogP contribution in [0.5, 0.6) is 0 Å². The lowest BCUT2D eigenvalue weighted by Gasteiger charge is -2.07. The van der Waals surface area contributed by atoms with Gasteiger partial charge in [-0.25, -0.2) is 4.39 Å². The summed E-state index contributed by atoms with van der Waals surface area (Å²) >= 11 is 1.43. The lowest BCUT2D eigenvalue weighted by molar-refractivity contribution is 0.102. The van der Waals surface area contributed by atoms with Gasteiger partial charge in [0.2, 0.25) is 0 Å². The predicted octanol–water partition coefficient (Wildman–Crippen LogP) is 3.20. The zero-order valence-electron chi connectivity index (χ0n) is 8.08. The first-order chi connectivity index (χ1) is 7.74. The summed E-state index contributed by atoms with van der Waals surface area (Å²) in [5.74, 6) is -0.506. The molecular formula is C11H7FN2OS. The Hall–Kier alpha value is -1.88. The number of benzene rings is 1. The van der Waals surface area contributed by atoms with Crippen LogP contribution >= 0.6 is 11.3 Å². The van der Waals surface area contributed by atoms with E-state index in [1.807, 2.05) is 5.38 Å². The Kier molecular flexibility index (Phi) is 1.94. The van der Waals surface area contributed by atoms with Crippen LogP contribution in [0.1, 0.15) is 10.4 Å². The van der Waals surface area contributed by atoms with Gasteiger partial charge in [-0.2, -0.15) is 0 Å². The van der Waals surface area contributed by atoms with Crippen molar-refractivity contribution in [1.29, 1.82) is 0 Å². The lowest BCUT2D eigenvalue weighted by atomic mass is 10.2. The van der Waals surface area contributed by atoms with Crippen LogP contribution < -0.4 is 10.6 Å². The maximum Gasteiger partial charge on any atom is 0.258 e. The van der Waals surface area contributed by atoms with Crippen LogP contribution in [-0.2, 0) is 0 Å². The van der Waals surface area contributed by atoms with Crippen LogP contribution in [0.25, 0.3) is 0 Å². The van der Waals surface area contributed by atoms with Gasteiger partial charge in [-0.15, -0.1) is 11.3 Å². The molecule has 0 atom stereocenters. The average molecular weight is 234 g/mol. The molecule has 0 saturated heterocycles. The van der Waals surface area contributed by atoms with Gasteiger partial charge in [-0.3, -0.25) is 4.79 Å². The van der Waals surface area contributed by atoms with Crippen LogP contribution in [0.3, 0.4) is 0 Å². The first-order valence-electron chi connectivity index (χ1n) is 4.68. The highest BCUT2D eigenvalue weighted by Gasteiger charge is 2.19. The van der Waals surface area contributed by atoms with Crippen molar-refractivity contribution in [1.82, 2.24) is 0 Å². The van der Waals surface area contributed by atoms with Crippen molar-refractivity contribution in [2.75, 3.05) is 10.6 Å². The second-order valence-electron chi connectivity index (χ2n) is 3.47. The van der Waals surface area contributed by atoms with Crippen molar-refractivity contribution < 1.29 is 9.18 Å². The van der Waals surface area contributed by atoms with Gasteiger partial charge < -0.3 is 10.6 Å². The fourth-order valence-corrected chi connectivity index (χ4v) is 2.39. The molecular weight excluding hydrogens is 227 g/mol. The van der Waals surface area contributed by atoms with Crippen LogP contribution in [0.2, 0.25) is 0 Å². The van der Waals surface area contributed by atoms with Gasteiger partial charge in [0.25, 0.3) is 5.91 Å². The molecule has 0 saturated carbocycles. The van der Waals surface area contributed by atoms with Crippen molar-refractivity contribution in [3.63, 3.8) is 0 Å². The van der Waals surface area contributed by atoms with Gasteiger partial charge in [0.05, 0.1) is 22.6 Å². The van der Waals surface area contributed by atoms with Crippen molar-refractivity contribution in [2.45, 2.75) is 0 Å². The fraction of sp³-hybridized carbons (Fsp3) is 0. The summed E-state index contributed by atoms with van der Waals surface area (Å²) in [7, 11) is 0. The number of thiophene rings is 1. The molecule has 0 unspecified atom stereocenters. The van der Waals surface area contributed by atoms with Crippen molar-refractivity contribution in [3.05, 3.63) is 40.3 Å². The molecule has 1 aromatic carbocycles. The molecule has 1 aromatic heterocycles. The molecule has 0 aliphatic carbocycles. The van der Waals surface area contributed by atoms with E-state index in [-0.39, 0.29) is 11.7 Å². The number of anilines is 3. The third-order valence-electron chi connectivity index (χ3n) is 2.41. The molecule has 0 bridgehead atoms. The van der Waals surface area contributed by atoms with Gasteiger partial charge in [-0.1, -0.05) is 0 Å². The van der Waals surface area contributed by atoms with E-state index in [1.165, 1.54) is 23.5 Å². The van der Waals surface area contributed by atoms with E-state index in [1.54, 1.807) is 11.4 Å². The number of carbonyl (C=O) groups is 1. The Bertz CT molecular complexity index is 579. The molecule has 2 N–H and O–H groups in total. The van der Waals surface area contributed by atoms with E-state index in [9.17, 15) is 9.18 Å². The number of hydrogen-bond donors (Lipinski definition) is 2. The first kappa shape index (κ1) is 9.35. The molecule has 2 heterocycles. The van der Waals surface area contributed by atoms with Crippen LogP contribution in [0.15, 0.2) is 29.0 Å². The van der Waals surface area contributed by atoms with Gasteiger partial charge in [-0.05, 0) is 18.2 Å².